The summed E-state index contributed by atoms with van der Waals surface area (Å²) >= 11 is 5.15. The highest BCUT2D eigenvalue weighted by atomic mass is 32.2. The van der Waals surface area contributed by atoms with Gasteiger partial charge in [0.25, 0.3) is 6.33 Å². The predicted molar refractivity (Wildman–Crippen MR) is 128 cm³/mol. The van der Waals surface area contributed by atoms with Crippen molar-refractivity contribution in [2.75, 3.05) is 23.9 Å². The van der Waals surface area contributed by atoms with Crippen LogP contribution in [0.25, 0.3) is 6.08 Å². The molecule has 3 aliphatic rings. The molecule has 0 saturated carbocycles. The normalized spacial score (nSPS) is 22.8. The van der Waals surface area contributed by atoms with Gasteiger partial charge in [-0.3, -0.25) is 0 Å². The predicted octanol–water partition coefficient (Wildman–Crippen LogP) is 4.59. The smallest absolute Gasteiger partial charge is 0.331 e. The van der Waals surface area contributed by atoms with E-state index in [1.807, 2.05) is 12.1 Å². The number of fused-ring (bicyclic) bond motifs is 3. The molecule has 31 heavy (non-hydrogen) atoms. The lowest BCUT2D eigenvalue weighted by Crippen LogP contribution is -2.49. The van der Waals surface area contributed by atoms with Gasteiger partial charge in [0.1, 0.15) is 10.6 Å². The average molecular weight is 464 g/mol. The molecule has 2 aromatic carbocycles. The Morgan fingerprint density at radius 3 is 2.52 bits per heavy atom. The maximum absolute atomic E-state index is 13.2. The Morgan fingerprint density at radius 1 is 1.00 bits per heavy atom. The number of rotatable bonds is 2. The summed E-state index contributed by atoms with van der Waals surface area (Å²) in [4.78, 5) is 24.6. The maximum atomic E-state index is 13.2. The van der Waals surface area contributed by atoms with Crippen LogP contribution in [0, 0.1) is 0 Å². The molecule has 0 saturated heterocycles. The second-order valence-electron chi connectivity index (χ2n) is 7.60. The minimum absolute atomic E-state index is 0.0719. The quantitative estimate of drug-likeness (QED) is 0.407. The van der Waals surface area contributed by atoms with Gasteiger partial charge in [0.2, 0.25) is 0 Å². The molecule has 3 aliphatic heterocycles. The van der Waals surface area contributed by atoms with E-state index in [4.69, 9.17) is 0 Å². The fraction of sp³-hybridized carbons (Fsp3) is 0.174. The average Bonchev–Trinajstić information content (AvgIpc) is 3.40. The molecule has 0 amide bonds. The fourth-order valence-electron chi connectivity index (χ4n) is 4.08. The van der Waals surface area contributed by atoms with Gasteiger partial charge in [-0.1, -0.05) is 59.6 Å². The molecule has 1 aromatic heterocycles. The third-order valence-corrected chi connectivity index (χ3v) is 9.77. The number of nitrogens with zero attached hydrogens (tertiary/aromatic N) is 4. The minimum Gasteiger partial charge on any atom is -0.360 e. The van der Waals surface area contributed by atoms with E-state index in [1.165, 1.54) is 21.2 Å². The molecule has 154 valence electrons. The lowest BCUT2D eigenvalue weighted by atomic mass is 10.2. The van der Waals surface area contributed by atoms with Crippen LogP contribution in [-0.2, 0) is 0 Å². The number of thioether (sulfide) groups is 3. The van der Waals surface area contributed by atoms with E-state index in [-0.39, 0.29) is 16.5 Å². The van der Waals surface area contributed by atoms with E-state index < -0.39 is 0 Å². The van der Waals surface area contributed by atoms with Crippen molar-refractivity contribution in [3.63, 3.8) is 0 Å². The van der Waals surface area contributed by atoms with Crippen molar-refractivity contribution in [1.82, 2.24) is 4.98 Å². The van der Waals surface area contributed by atoms with Crippen molar-refractivity contribution in [2.45, 2.75) is 25.4 Å². The van der Waals surface area contributed by atoms with Gasteiger partial charge in [0.15, 0.2) is 10.7 Å². The second kappa shape index (κ2) is 7.32. The zero-order chi connectivity index (χ0) is 21.1. The van der Waals surface area contributed by atoms with E-state index in [0.717, 1.165) is 15.7 Å². The summed E-state index contributed by atoms with van der Waals surface area (Å²) < 4.78 is 1.70. The molecule has 3 aromatic rings. The molecule has 0 radical (unpaired) electrons. The number of aromatic nitrogens is 2. The molecular formula is C23H19N4OS3+. The lowest BCUT2D eigenvalue weighted by molar-refractivity contribution is -0.613. The van der Waals surface area contributed by atoms with Crippen LogP contribution in [0.5, 0.6) is 0 Å². The summed E-state index contributed by atoms with van der Waals surface area (Å²) in [7, 11) is 4.15. The third-order valence-electron chi connectivity index (χ3n) is 5.74. The van der Waals surface area contributed by atoms with Gasteiger partial charge in [-0.2, -0.15) is 4.57 Å². The highest BCUT2D eigenvalue weighted by molar-refractivity contribution is 8.04. The van der Waals surface area contributed by atoms with Crippen LogP contribution in [0.15, 0.2) is 80.8 Å². The summed E-state index contributed by atoms with van der Waals surface area (Å²) in [5, 5.41) is 1.98. The molecule has 0 fully saturated rings. The van der Waals surface area contributed by atoms with Gasteiger partial charge in [0, 0.05) is 36.0 Å². The Kier molecular flexibility index (Phi) is 4.55. The molecule has 5 nitrogen and oxygen atoms in total. The van der Waals surface area contributed by atoms with Gasteiger partial charge in [0.05, 0.1) is 16.4 Å². The van der Waals surface area contributed by atoms with Gasteiger partial charge in [-0.15, -0.1) is 0 Å². The van der Waals surface area contributed by atoms with Gasteiger partial charge in [-0.05, 0) is 29.2 Å². The molecule has 8 heteroatoms. The Morgan fingerprint density at radius 2 is 1.74 bits per heavy atom. The number of benzene rings is 2. The molecule has 0 bridgehead atoms. The van der Waals surface area contributed by atoms with E-state index in [2.05, 4.69) is 77.4 Å². The Hall–Kier alpha value is -2.42. The largest absolute Gasteiger partial charge is 0.360 e. The van der Waals surface area contributed by atoms with Crippen molar-refractivity contribution in [3.05, 3.63) is 71.6 Å². The van der Waals surface area contributed by atoms with Crippen LogP contribution < -0.4 is 14.4 Å². The van der Waals surface area contributed by atoms with Crippen molar-refractivity contribution < 1.29 is 9.36 Å². The van der Waals surface area contributed by atoms with Crippen molar-refractivity contribution in [1.29, 1.82) is 0 Å². The Balaban J connectivity index is 1.27. The first-order chi connectivity index (χ1) is 15.1. The number of hydrogen-bond donors (Lipinski definition) is 0. The first kappa shape index (κ1) is 19.3. The Bertz CT molecular complexity index is 1260. The first-order valence-corrected chi connectivity index (χ1v) is 12.5. The topological polar surface area (TPSA) is 40.3 Å². The van der Waals surface area contributed by atoms with E-state index in [1.54, 1.807) is 46.2 Å². The number of carbonyl (C=O) groups excluding carboxylic acids is 1. The second-order valence-corrected chi connectivity index (χ2v) is 11.0. The summed E-state index contributed by atoms with van der Waals surface area (Å²) in [6.45, 7) is 0. The SMILES string of the molecule is CN1/C(=C/c2cc3[n+](cn2)C(=O)C(C2Sc4ccccc4N2C)S3)Sc2ccccc21. The molecular weight excluding hydrogens is 444 g/mol. The summed E-state index contributed by atoms with van der Waals surface area (Å²) in [5.41, 5.74) is 3.26. The molecule has 0 aliphatic carbocycles. The van der Waals surface area contributed by atoms with E-state index >= 15 is 0 Å². The zero-order valence-corrected chi connectivity index (χ0v) is 19.4. The van der Waals surface area contributed by atoms with Crippen molar-refractivity contribution >= 4 is 58.6 Å². The first-order valence-electron chi connectivity index (χ1n) is 9.93. The summed E-state index contributed by atoms with van der Waals surface area (Å²) in [6, 6.07) is 18.7. The molecule has 2 unspecified atom stereocenters. The number of carbonyl (C=O) groups is 1. The fourth-order valence-corrected chi connectivity index (χ4v) is 7.98. The number of anilines is 2. The van der Waals surface area contributed by atoms with Gasteiger partial charge < -0.3 is 9.80 Å². The molecule has 6 rings (SSSR count). The molecule has 2 atom stereocenters. The van der Waals surface area contributed by atoms with Crippen molar-refractivity contribution in [2.24, 2.45) is 0 Å². The highest BCUT2D eigenvalue weighted by Gasteiger charge is 2.46. The van der Waals surface area contributed by atoms with Crippen LogP contribution in [0.3, 0.4) is 0 Å². The number of para-hydroxylation sites is 2. The van der Waals surface area contributed by atoms with Crippen LogP contribution in [-0.4, -0.2) is 35.6 Å². The highest BCUT2D eigenvalue weighted by Crippen LogP contribution is 2.48. The third kappa shape index (κ3) is 3.08. The van der Waals surface area contributed by atoms with Gasteiger partial charge in [-0.25, -0.2) is 4.79 Å². The Labute approximate surface area is 193 Å². The maximum Gasteiger partial charge on any atom is 0.331 e. The van der Waals surface area contributed by atoms with Crippen molar-refractivity contribution in [3.8, 4) is 0 Å². The van der Waals surface area contributed by atoms with Crippen LogP contribution in [0.2, 0.25) is 0 Å². The lowest BCUT2D eigenvalue weighted by Gasteiger charge is -2.23. The molecule has 0 spiro atoms. The van der Waals surface area contributed by atoms with E-state index in [9.17, 15) is 4.79 Å². The number of hydrogen-bond acceptors (Lipinski definition) is 7. The van der Waals surface area contributed by atoms with Gasteiger partial charge >= 0.3 is 5.91 Å². The van der Waals surface area contributed by atoms with Crippen LogP contribution >= 0.6 is 35.3 Å². The monoisotopic (exact) mass is 463 g/mol. The minimum atomic E-state index is -0.167. The zero-order valence-electron chi connectivity index (χ0n) is 16.9. The summed E-state index contributed by atoms with van der Waals surface area (Å²) in [5.74, 6) is 0.101. The van der Waals surface area contributed by atoms with Crippen LogP contribution in [0.1, 0.15) is 10.5 Å². The molecule has 0 N–H and O–H groups in total. The van der Waals surface area contributed by atoms with Crippen LogP contribution in [0.4, 0.5) is 11.4 Å². The summed E-state index contributed by atoms with van der Waals surface area (Å²) in [6.07, 6.45) is 3.77. The van der Waals surface area contributed by atoms with E-state index in [0.29, 0.717) is 0 Å². The molecule has 4 heterocycles. The standard InChI is InChI=1S/C23H19N4OS3/c1-25-15-7-3-5-9-17(15)29-19(25)11-14-12-20-27(13-24-14)22(28)21(31-20)23-26(2)16-8-4-6-10-18(16)30-23/h3-13,21,23H,1-2H3/q+1.